The van der Waals surface area contributed by atoms with E-state index in [4.69, 9.17) is 4.74 Å². The number of benzene rings is 1. The fraction of sp³-hybridized carbons (Fsp3) is 0.524. The number of nitrogens with zero attached hydrogens (tertiary/aromatic N) is 1. The molecule has 2 saturated carbocycles. The van der Waals surface area contributed by atoms with Crippen LogP contribution in [0.3, 0.4) is 0 Å². The summed E-state index contributed by atoms with van der Waals surface area (Å²) < 4.78 is 5.34. The number of hydrogen-bond acceptors (Lipinski definition) is 5. The summed E-state index contributed by atoms with van der Waals surface area (Å²) in [6.07, 6.45) is 6.66. The van der Waals surface area contributed by atoms with E-state index in [-0.39, 0.29) is 23.3 Å². The number of carbonyl (C=O) groups excluding carboxylic acids is 2. The number of para-hydroxylation sites is 1. The van der Waals surface area contributed by atoms with Gasteiger partial charge in [-0.05, 0) is 24.5 Å². The van der Waals surface area contributed by atoms with Gasteiger partial charge in [0, 0.05) is 42.6 Å². The van der Waals surface area contributed by atoms with Crippen LogP contribution in [0, 0.1) is 11.3 Å². The highest BCUT2D eigenvalue weighted by atomic mass is 16.5. The zero-order chi connectivity index (χ0) is 17.7. The summed E-state index contributed by atoms with van der Waals surface area (Å²) in [5.41, 5.74) is 0.592. The van der Waals surface area contributed by atoms with E-state index in [1.165, 1.54) is 7.11 Å². The molecule has 5 aliphatic rings. The fourth-order valence-electron chi connectivity index (χ4n) is 7.31. The Morgan fingerprint density at radius 1 is 1.31 bits per heavy atom. The maximum Gasteiger partial charge on any atom is 0.332 e. The lowest BCUT2D eigenvalue weighted by molar-refractivity contribution is -0.159. The second kappa shape index (κ2) is 4.39. The number of ketones is 1. The molecule has 1 aromatic carbocycles. The highest BCUT2D eigenvalue weighted by Crippen LogP contribution is 2.71. The number of fused-ring (bicyclic) bond motifs is 1. The molecule has 26 heavy (non-hydrogen) atoms. The topological polar surface area (TPSA) is 58.6 Å². The van der Waals surface area contributed by atoms with E-state index >= 15 is 0 Å². The van der Waals surface area contributed by atoms with Crippen LogP contribution in [0.5, 0.6) is 0 Å². The Bertz CT molecular complexity index is 895. The Kier molecular flexibility index (Phi) is 2.53. The van der Waals surface area contributed by atoms with Crippen molar-refractivity contribution in [1.82, 2.24) is 4.90 Å². The third-order valence-electron chi connectivity index (χ3n) is 7.92. The molecule has 3 fully saturated rings. The van der Waals surface area contributed by atoms with Crippen molar-refractivity contribution < 1.29 is 14.3 Å². The predicted octanol–water partition coefficient (Wildman–Crippen LogP) is 1.88. The first-order valence-electron chi connectivity index (χ1n) is 9.50. The number of esters is 1. The van der Waals surface area contributed by atoms with Gasteiger partial charge in [-0.1, -0.05) is 30.4 Å². The maximum absolute atomic E-state index is 13.4. The molecule has 5 nitrogen and oxygen atoms in total. The van der Waals surface area contributed by atoms with E-state index in [2.05, 4.69) is 28.4 Å². The molecular formula is C21H22N2O3. The zero-order valence-electron chi connectivity index (χ0n) is 14.8. The van der Waals surface area contributed by atoms with E-state index in [0.717, 1.165) is 30.8 Å². The van der Waals surface area contributed by atoms with Crippen LogP contribution in [0.1, 0.15) is 24.8 Å². The van der Waals surface area contributed by atoms with Gasteiger partial charge < -0.3 is 10.1 Å². The van der Waals surface area contributed by atoms with Crippen molar-refractivity contribution in [1.29, 1.82) is 0 Å². The Balaban J connectivity index is 1.73. The van der Waals surface area contributed by atoms with Crippen LogP contribution in [0.4, 0.5) is 5.69 Å². The van der Waals surface area contributed by atoms with Crippen LogP contribution in [-0.2, 0) is 19.7 Å². The number of hydrogen-bond donors (Lipinski definition) is 1. The largest absolute Gasteiger partial charge is 0.467 e. The summed E-state index contributed by atoms with van der Waals surface area (Å²) in [5, 5.41) is 3.58. The minimum Gasteiger partial charge on any atom is -0.467 e. The van der Waals surface area contributed by atoms with Gasteiger partial charge in [-0.2, -0.15) is 0 Å². The Morgan fingerprint density at radius 3 is 3.00 bits per heavy atom. The average Bonchev–Trinajstić information content (AvgIpc) is 3.14. The predicted molar refractivity (Wildman–Crippen MR) is 95.8 cm³/mol. The third kappa shape index (κ3) is 1.29. The van der Waals surface area contributed by atoms with Gasteiger partial charge in [-0.15, -0.1) is 0 Å². The highest BCUT2D eigenvalue weighted by molar-refractivity contribution is 5.98. The molecule has 0 radical (unpaired) electrons. The third-order valence-corrected chi connectivity index (χ3v) is 7.92. The molecule has 1 aromatic rings. The van der Waals surface area contributed by atoms with Crippen molar-refractivity contribution in [3.05, 3.63) is 42.0 Å². The number of anilines is 1. The van der Waals surface area contributed by atoms with Gasteiger partial charge in [0.25, 0.3) is 0 Å². The van der Waals surface area contributed by atoms with Crippen molar-refractivity contribution in [3.8, 4) is 0 Å². The highest BCUT2D eigenvalue weighted by Gasteiger charge is 2.81. The van der Waals surface area contributed by atoms with Crippen molar-refractivity contribution in [2.75, 3.05) is 25.5 Å². The van der Waals surface area contributed by atoms with E-state index in [9.17, 15) is 9.59 Å². The van der Waals surface area contributed by atoms with Crippen molar-refractivity contribution in [2.24, 2.45) is 11.3 Å². The van der Waals surface area contributed by atoms with Gasteiger partial charge in [0.05, 0.1) is 12.5 Å². The Labute approximate surface area is 152 Å². The molecule has 2 aliphatic carbocycles. The van der Waals surface area contributed by atoms with E-state index in [1.807, 2.05) is 18.2 Å². The first-order chi connectivity index (χ1) is 12.6. The maximum atomic E-state index is 13.4. The quantitative estimate of drug-likeness (QED) is 0.619. The van der Waals surface area contributed by atoms with Gasteiger partial charge in [0.15, 0.2) is 0 Å². The molecule has 5 atom stereocenters. The monoisotopic (exact) mass is 350 g/mol. The van der Waals surface area contributed by atoms with E-state index < -0.39 is 11.0 Å². The van der Waals surface area contributed by atoms with Crippen LogP contribution in [0.25, 0.3) is 0 Å². The molecule has 1 N–H and O–H groups in total. The smallest absolute Gasteiger partial charge is 0.332 e. The minimum absolute atomic E-state index is 0.154. The van der Waals surface area contributed by atoms with Crippen LogP contribution in [0.2, 0.25) is 0 Å². The Morgan fingerprint density at radius 2 is 2.15 bits per heavy atom. The normalized spacial score (nSPS) is 44.3. The molecule has 0 aromatic heterocycles. The molecule has 3 aliphatic heterocycles. The molecule has 0 amide bonds. The van der Waals surface area contributed by atoms with Crippen LogP contribution in [0.15, 0.2) is 36.4 Å². The van der Waals surface area contributed by atoms with Crippen LogP contribution in [-0.4, -0.2) is 48.4 Å². The standard InChI is InChI=1S/C21H22N2O3/c1-26-18(25)20-9-8-19-7-4-10-23-12-14(16(24)11-19)21(20,17(19)23)13-5-2-3-6-15(13)22-20/h2-7,14,17,22H,8-12H2,1H3/t14?,17-,19+,20-,21+/m0/s1. The lowest BCUT2D eigenvalue weighted by Gasteiger charge is -2.62. The molecule has 6 rings (SSSR count). The molecule has 5 heteroatoms. The molecule has 134 valence electrons. The lowest BCUT2D eigenvalue weighted by atomic mass is 9.42. The molecule has 1 unspecified atom stereocenters. The second-order valence-electron chi connectivity index (χ2n) is 8.62. The Hall–Kier alpha value is -2.14. The summed E-state index contributed by atoms with van der Waals surface area (Å²) in [4.78, 5) is 29.1. The van der Waals surface area contributed by atoms with Gasteiger partial charge in [-0.3, -0.25) is 9.69 Å². The molecule has 1 saturated heterocycles. The van der Waals surface area contributed by atoms with Gasteiger partial charge >= 0.3 is 5.97 Å². The molecule has 1 spiro atoms. The summed E-state index contributed by atoms with van der Waals surface area (Å²) in [7, 11) is 1.47. The minimum atomic E-state index is -0.847. The number of Topliss-reactive ketones (excluding diaryl/α,β-unsaturated/α-hetero) is 1. The van der Waals surface area contributed by atoms with Gasteiger partial charge in [0.2, 0.25) is 0 Å². The van der Waals surface area contributed by atoms with Crippen LogP contribution < -0.4 is 5.32 Å². The molecular weight excluding hydrogens is 328 g/mol. The summed E-state index contributed by atoms with van der Waals surface area (Å²) in [6.45, 7) is 1.60. The van der Waals surface area contributed by atoms with Crippen molar-refractivity contribution in [2.45, 2.75) is 36.3 Å². The van der Waals surface area contributed by atoms with E-state index in [1.54, 1.807) is 0 Å². The fourth-order valence-corrected chi connectivity index (χ4v) is 7.31. The number of nitrogens with one attached hydrogen (secondary N) is 1. The SMILES string of the molecule is COC(=O)[C@@]12CC[C@]34C=CCN5CC(C(=O)C3)[C@]1(c1ccccc1N2)[C@@H]54. The first kappa shape index (κ1) is 15.0. The number of carbonyl (C=O) groups is 2. The van der Waals surface area contributed by atoms with Gasteiger partial charge in [0.1, 0.15) is 11.3 Å². The van der Waals surface area contributed by atoms with Crippen molar-refractivity contribution in [3.63, 3.8) is 0 Å². The van der Waals surface area contributed by atoms with Crippen LogP contribution >= 0.6 is 0 Å². The number of ether oxygens (including phenoxy) is 1. The van der Waals surface area contributed by atoms with E-state index in [0.29, 0.717) is 18.6 Å². The summed E-state index contributed by atoms with van der Waals surface area (Å²) >= 11 is 0. The zero-order valence-corrected chi connectivity index (χ0v) is 14.8. The van der Waals surface area contributed by atoms with Gasteiger partial charge in [-0.25, -0.2) is 4.79 Å². The number of methoxy groups -OCH3 is 1. The first-order valence-corrected chi connectivity index (χ1v) is 9.50. The second-order valence-corrected chi connectivity index (χ2v) is 8.62. The average molecular weight is 350 g/mol. The molecule has 4 bridgehead atoms. The summed E-state index contributed by atoms with van der Waals surface area (Å²) in [6, 6.07) is 8.36. The van der Waals surface area contributed by atoms with Crippen molar-refractivity contribution >= 4 is 17.4 Å². The molecule has 3 heterocycles. The number of rotatable bonds is 1. The summed E-state index contributed by atoms with van der Waals surface area (Å²) in [5.74, 6) is -0.0729. The lowest BCUT2D eigenvalue weighted by Crippen LogP contribution is -2.75.